The SMILES string of the molecule is Cn1cnc(-c2cc(Cl)c(F)c(C(=O)NNS(C)(=O)=O)c2)c1. The van der Waals surface area contributed by atoms with Crippen LogP contribution in [0, 0.1) is 5.82 Å². The van der Waals surface area contributed by atoms with E-state index in [0.29, 0.717) is 11.3 Å². The Kier molecular flexibility index (Phi) is 4.50. The molecule has 2 N–H and O–H groups in total. The molecule has 118 valence electrons. The van der Waals surface area contributed by atoms with Crippen LogP contribution in [0.5, 0.6) is 0 Å². The molecule has 1 heterocycles. The van der Waals surface area contributed by atoms with E-state index in [0.717, 1.165) is 6.26 Å². The highest BCUT2D eigenvalue weighted by Gasteiger charge is 2.18. The van der Waals surface area contributed by atoms with Crippen LogP contribution in [-0.2, 0) is 17.1 Å². The number of imidazole rings is 1. The first-order valence-corrected chi connectivity index (χ1v) is 8.19. The number of carbonyl (C=O) groups excluding carboxylic acids is 1. The number of hydrogen-bond acceptors (Lipinski definition) is 4. The van der Waals surface area contributed by atoms with Crippen LogP contribution in [0.15, 0.2) is 24.7 Å². The first-order valence-electron chi connectivity index (χ1n) is 5.92. The van der Waals surface area contributed by atoms with Crippen LogP contribution < -0.4 is 10.3 Å². The fourth-order valence-corrected chi connectivity index (χ4v) is 2.17. The number of amides is 1. The molecule has 2 rings (SSSR count). The van der Waals surface area contributed by atoms with Crippen LogP contribution in [0.2, 0.25) is 5.02 Å². The van der Waals surface area contributed by atoms with E-state index in [2.05, 4.69) is 4.98 Å². The minimum absolute atomic E-state index is 0.271. The van der Waals surface area contributed by atoms with Crippen molar-refractivity contribution in [2.24, 2.45) is 7.05 Å². The van der Waals surface area contributed by atoms with E-state index in [-0.39, 0.29) is 5.02 Å². The van der Waals surface area contributed by atoms with Gasteiger partial charge in [-0.1, -0.05) is 11.6 Å². The number of hydrazine groups is 1. The maximum absolute atomic E-state index is 14.0. The highest BCUT2D eigenvalue weighted by molar-refractivity contribution is 7.88. The molecule has 0 radical (unpaired) electrons. The molecule has 0 saturated heterocycles. The van der Waals surface area contributed by atoms with Gasteiger partial charge in [-0.25, -0.2) is 17.8 Å². The Balaban J connectivity index is 2.39. The Morgan fingerprint density at radius 1 is 1.41 bits per heavy atom. The molecule has 0 spiro atoms. The molecule has 0 aliphatic rings. The summed E-state index contributed by atoms with van der Waals surface area (Å²) in [5.41, 5.74) is 2.41. The Morgan fingerprint density at radius 2 is 2.09 bits per heavy atom. The number of carbonyl (C=O) groups is 1. The van der Waals surface area contributed by atoms with Crippen molar-refractivity contribution >= 4 is 27.5 Å². The van der Waals surface area contributed by atoms with Crippen molar-refractivity contribution in [2.75, 3.05) is 6.26 Å². The van der Waals surface area contributed by atoms with Crippen LogP contribution >= 0.6 is 11.6 Å². The number of hydrogen-bond donors (Lipinski definition) is 2. The molecule has 2 aromatic rings. The van der Waals surface area contributed by atoms with Gasteiger partial charge < -0.3 is 4.57 Å². The fourth-order valence-electron chi connectivity index (χ4n) is 1.67. The number of aromatic nitrogens is 2. The lowest BCUT2D eigenvalue weighted by atomic mass is 10.1. The van der Waals surface area contributed by atoms with Gasteiger partial charge in [0.15, 0.2) is 5.82 Å². The first-order chi connectivity index (χ1) is 10.2. The summed E-state index contributed by atoms with van der Waals surface area (Å²) in [6.45, 7) is 0. The Morgan fingerprint density at radius 3 is 2.64 bits per heavy atom. The normalized spacial score (nSPS) is 11.5. The van der Waals surface area contributed by atoms with E-state index in [4.69, 9.17) is 11.6 Å². The lowest BCUT2D eigenvalue weighted by Gasteiger charge is -2.09. The topological polar surface area (TPSA) is 93.1 Å². The summed E-state index contributed by atoms with van der Waals surface area (Å²) in [5, 5.41) is -0.271. The van der Waals surface area contributed by atoms with Crippen molar-refractivity contribution in [3.05, 3.63) is 41.1 Å². The second-order valence-electron chi connectivity index (χ2n) is 4.57. The summed E-state index contributed by atoms with van der Waals surface area (Å²) < 4.78 is 37.6. The third kappa shape index (κ3) is 3.81. The van der Waals surface area contributed by atoms with E-state index < -0.39 is 27.3 Å². The van der Waals surface area contributed by atoms with Gasteiger partial charge in [0.05, 0.1) is 28.9 Å². The standard InChI is InChI=1S/C12H12ClFN4O3S/c1-18-5-10(15-6-18)7-3-8(11(14)9(13)4-7)12(19)16-17-22(2,20)21/h3-6,17H,1-2H3,(H,16,19). The summed E-state index contributed by atoms with van der Waals surface area (Å²) >= 11 is 5.78. The number of halogens is 2. The van der Waals surface area contributed by atoms with Crippen molar-refractivity contribution in [3.63, 3.8) is 0 Å². The molecule has 0 saturated carbocycles. The highest BCUT2D eigenvalue weighted by Crippen LogP contribution is 2.26. The molecule has 1 amide bonds. The molecule has 22 heavy (non-hydrogen) atoms. The Labute approximate surface area is 131 Å². The van der Waals surface area contributed by atoms with Crippen LogP contribution in [0.3, 0.4) is 0 Å². The summed E-state index contributed by atoms with van der Waals surface area (Å²) in [5.74, 6) is -1.92. The van der Waals surface area contributed by atoms with Gasteiger partial charge in [-0.3, -0.25) is 10.2 Å². The molecule has 0 atom stereocenters. The number of aryl methyl sites for hydroxylation is 1. The predicted molar refractivity (Wildman–Crippen MR) is 79.1 cm³/mol. The van der Waals surface area contributed by atoms with Gasteiger partial charge in [-0.05, 0) is 12.1 Å². The van der Waals surface area contributed by atoms with Crippen molar-refractivity contribution in [2.45, 2.75) is 0 Å². The summed E-state index contributed by atoms with van der Waals surface area (Å²) in [6, 6.07) is 2.57. The van der Waals surface area contributed by atoms with E-state index >= 15 is 0 Å². The maximum atomic E-state index is 14.0. The number of nitrogens with one attached hydrogen (secondary N) is 2. The third-order valence-electron chi connectivity index (χ3n) is 2.62. The number of nitrogens with zero attached hydrogens (tertiary/aromatic N) is 2. The van der Waals surface area contributed by atoms with Gasteiger partial charge in [0.25, 0.3) is 5.91 Å². The van der Waals surface area contributed by atoms with E-state index in [1.165, 1.54) is 18.5 Å². The minimum atomic E-state index is -3.66. The van der Waals surface area contributed by atoms with Gasteiger partial charge in [0, 0.05) is 18.8 Å². The molecule has 1 aromatic heterocycles. The molecule has 0 fully saturated rings. The smallest absolute Gasteiger partial charge is 0.269 e. The number of benzene rings is 1. The third-order valence-corrected chi connectivity index (χ3v) is 3.37. The average molecular weight is 347 g/mol. The van der Waals surface area contributed by atoms with Gasteiger partial charge in [0.1, 0.15) is 0 Å². The van der Waals surface area contributed by atoms with E-state index in [1.807, 2.05) is 5.43 Å². The second-order valence-corrected chi connectivity index (χ2v) is 6.73. The Hall–Kier alpha value is -1.97. The number of sulfonamides is 1. The molecule has 10 heteroatoms. The largest absolute Gasteiger partial charge is 0.340 e. The first kappa shape index (κ1) is 16.4. The van der Waals surface area contributed by atoms with Crippen molar-refractivity contribution in [1.82, 2.24) is 19.8 Å². The molecule has 1 aromatic carbocycles. The van der Waals surface area contributed by atoms with Crippen molar-refractivity contribution in [1.29, 1.82) is 0 Å². The van der Waals surface area contributed by atoms with Gasteiger partial charge in [-0.15, -0.1) is 4.83 Å². The van der Waals surface area contributed by atoms with Gasteiger partial charge in [0.2, 0.25) is 10.0 Å². The zero-order valence-electron chi connectivity index (χ0n) is 11.6. The fraction of sp³-hybridized carbons (Fsp3) is 0.167. The Bertz CT molecular complexity index is 835. The summed E-state index contributed by atoms with van der Waals surface area (Å²) in [6.07, 6.45) is 4.05. The van der Waals surface area contributed by atoms with Crippen LogP contribution in [-0.4, -0.2) is 30.1 Å². The summed E-state index contributed by atoms with van der Waals surface area (Å²) in [7, 11) is -1.91. The molecule has 0 bridgehead atoms. The van der Waals surface area contributed by atoms with Crippen LogP contribution in [0.4, 0.5) is 4.39 Å². The molecule has 0 unspecified atom stereocenters. The number of rotatable bonds is 4. The zero-order valence-corrected chi connectivity index (χ0v) is 13.2. The molecular weight excluding hydrogens is 335 g/mol. The van der Waals surface area contributed by atoms with Gasteiger partial charge >= 0.3 is 0 Å². The second kappa shape index (κ2) is 6.03. The van der Waals surface area contributed by atoms with Crippen molar-refractivity contribution < 1.29 is 17.6 Å². The van der Waals surface area contributed by atoms with E-state index in [1.54, 1.807) is 22.6 Å². The van der Waals surface area contributed by atoms with Crippen molar-refractivity contribution in [3.8, 4) is 11.3 Å². The zero-order chi connectivity index (χ0) is 16.5. The lowest BCUT2D eigenvalue weighted by Crippen LogP contribution is -2.41. The molecule has 7 nitrogen and oxygen atoms in total. The van der Waals surface area contributed by atoms with E-state index in [9.17, 15) is 17.6 Å². The lowest BCUT2D eigenvalue weighted by molar-refractivity contribution is 0.0941. The molecular formula is C12H12ClFN4O3S. The average Bonchev–Trinajstić information content (AvgIpc) is 2.85. The molecule has 0 aliphatic carbocycles. The predicted octanol–water partition coefficient (Wildman–Crippen LogP) is 1.07. The molecule has 0 aliphatic heterocycles. The van der Waals surface area contributed by atoms with Gasteiger partial charge in [-0.2, -0.15) is 0 Å². The highest BCUT2D eigenvalue weighted by atomic mass is 35.5. The quantitative estimate of drug-likeness (QED) is 0.810. The maximum Gasteiger partial charge on any atom is 0.269 e. The monoisotopic (exact) mass is 346 g/mol. The van der Waals surface area contributed by atoms with Crippen LogP contribution in [0.1, 0.15) is 10.4 Å². The minimum Gasteiger partial charge on any atom is -0.340 e. The van der Waals surface area contributed by atoms with Crippen LogP contribution in [0.25, 0.3) is 11.3 Å². The summed E-state index contributed by atoms with van der Waals surface area (Å²) in [4.78, 5) is 17.7.